The molecule has 6 heteroatoms. The number of nitrogens with zero attached hydrogens (tertiary/aromatic N) is 1. The average molecular weight is 432 g/mol. The SMILES string of the molecule is O=C(NCC1CCN(C(=O)c2ccccc2F)CC1)c1ccc(Oc2ccccc2)cc1. The van der Waals surface area contributed by atoms with Crippen molar-refractivity contribution < 1.29 is 18.7 Å². The number of hydrogen-bond donors (Lipinski definition) is 1. The van der Waals surface area contributed by atoms with E-state index in [0.29, 0.717) is 30.9 Å². The Bertz CT molecular complexity index is 1060. The van der Waals surface area contributed by atoms with Crippen LogP contribution in [0.1, 0.15) is 33.6 Å². The molecule has 1 fully saturated rings. The third-order valence-electron chi connectivity index (χ3n) is 5.65. The van der Waals surface area contributed by atoms with Crippen LogP contribution in [0.15, 0.2) is 78.9 Å². The van der Waals surface area contributed by atoms with Gasteiger partial charge >= 0.3 is 0 Å². The van der Waals surface area contributed by atoms with E-state index in [2.05, 4.69) is 5.32 Å². The van der Waals surface area contributed by atoms with Crippen molar-refractivity contribution in [1.82, 2.24) is 10.2 Å². The van der Waals surface area contributed by atoms with Crippen molar-refractivity contribution in [2.24, 2.45) is 5.92 Å². The van der Waals surface area contributed by atoms with Crippen LogP contribution in [0.2, 0.25) is 0 Å². The van der Waals surface area contributed by atoms with Gasteiger partial charge in [-0.3, -0.25) is 9.59 Å². The van der Waals surface area contributed by atoms with Crippen LogP contribution >= 0.6 is 0 Å². The van der Waals surface area contributed by atoms with E-state index in [0.717, 1.165) is 18.6 Å². The molecular weight excluding hydrogens is 407 g/mol. The van der Waals surface area contributed by atoms with Gasteiger partial charge in [0.15, 0.2) is 0 Å². The minimum atomic E-state index is -0.493. The van der Waals surface area contributed by atoms with Crippen LogP contribution in [0.4, 0.5) is 4.39 Å². The summed E-state index contributed by atoms with van der Waals surface area (Å²) in [6, 6.07) is 22.5. The lowest BCUT2D eigenvalue weighted by Crippen LogP contribution is -2.41. The molecule has 1 heterocycles. The van der Waals surface area contributed by atoms with E-state index in [1.165, 1.54) is 12.1 Å². The lowest BCUT2D eigenvalue weighted by Gasteiger charge is -2.32. The van der Waals surface area contributed by atoms with Gasteiger partial charge in [-0.2, -0.15) is 0 Å². The van der Waals surface area contributed by atoms with Crippen molar-refractivity contribution >= 4 is 11.8 Å². The van der Waals surface area contributed by atoms with Crippen LogP contribution in [-0.2, 0) is 0 Å². The fourth-order valence-corrected chi connectivity index (χ4v) is 3.78. The lowest BCUT2D eigenvalue weighted by atomic mass is 9.96. The van der Waals surface area contributed by atoms with E-state index in [4.69, 9.17) is 4.74 Å². The van der Waals surface area contributed by atoms with Crippen molar-refractivity contribution in [2.45, 2.75) is 12.8 Å². The summed E-state index contributed by atoms with van der Waals surface area (Å²) in [4.78, 5) is 26.7. The molecule has 5 nitrogen and oxygen atoms in total. The topological polar surface area (TPSA) is 58.6 Å². The molecule has 4 rings (SSSR count). The molecule has 0 saturated carbocycles. The number of rotatable bonds is 6. The molecule has 0 unspecified atom stereocenters. The van der Waals surface area contributed by atoms with E-state index >= 15 is 0 Å². The third kappa shape index (κ3) is 5.32. The third-order valence-corrected chi connectivity index (χ3v) is 5.65. The molecule has 0 bridgehead atoms. The summed E-state index contributed by atoms with van der Waals surface area (Å²) in [5.41, 5.74) is 0.677. The predicted octanol–water partition coefficient (Wildman–Crippen LogP) is 4.90. The second-order valence-corrected chi connectivity index (χ2v) is 7.86. The fourth-order valence-electron chi connectivity index (χ4n) is 3.78. The Morgan fingerprint density at radius 3 is 2.19 bits per heavy atom. The lowest BCUT2D eigenvalue weighted by molar-refractivity contribution is 0.0679. The number of halogens is 1. The number of ether oxygens (including phenoxy) is 1. The highest BCUT2D eigenvalue weighted by atomic mass is 19.1. The number of para-hydroxylation sites is 1. The van der Waals surface area contributed by atoms with Crippen molar-refractivity contribution in [3.8, 4) is 11.5 Å². The van der Waals surface area contributed by atoms with Crippen molar-refractivity contribution in [2.75, 3.05) is 19.6 Å². The largest absolute Gasteiger partial charge is 0.457 e. The van der Waals surface area contributed by atoms with Crippen LogP contribution in [0.5, 0.6) is 11.5 Å². The molecule has 0 aliphatic carbocycles. The average Bonchev–Trinajstić information content (AvgIpc) is 2.84. The number of amides is 2. The number of carbonyl (C=O) groups is 2. The highest BCUT2D eigenvalue weighted by Crippen LogP contribution is 2.22. The molecule has 3 aromatic rings. The molecule has 1 saturated heterocycles. The highest BCUT2D eigenvalue weighted by Gasteiger charge is 2.25. The first kappa shape index (κ1) is 21.6. The fraction of sp³-hybridized carbons (Fsp3) is 0.231. The monoisotopic (exact) mass is 432 g/mol. The van der Waals surface area contributed by atoms with Crippen LogP contribution in [0, 0.1) is 11.7 Å². The van der Waals surface area contributed by atoms with E-state index in [9.17, 15) is 14.0 Å². The zero-order valence-electron chi connectivity index (χ0n) is 17.7. The summed E-state index contributed by atoms with van der Waals surface area (Å²) in [6.45, 7) is 1.65. The maximum Gasteiger partial charge on any atom is 0.256 e. The van der Waals surface area contributed by atoms with Gasteiger partial charge < -0.3 is 15.0 Å². The highest BCUT2D eigenvalue weighted by molar-refractivity contribution is 5.95. The van der Waals surface area contributed by atoms with Crippen molar-refractivity contribution in [1.29, 1.82) is 0 Å². The Balaban J connectivity index is 1.23. The first-order valence-corrected chi connectivity index (χ1v) is 10.7. The molecule has 164 valence electrons. The van der Waals surface area contributed by atoms with Gasteiger partial charge in [0.05, 0.1) is 5.56 Å². The molecule has 0 atom stereocenters. The molecule has 2 amide bonds. The molecule has 0 radical (unpaired) electrons. The molecule has 3 aromatic carbocycles. The molecule has 1 N–H and O–H groups in total. The molecule has 1 aliphatic rings. The van der Waals surface area contributed by atoms with Crippen LogP contribution < -0.4 is 10.1 Å². The Morgan fingerprint density at radius 1 is 0.875 bits per heavy atom. The second-order valence-electron chi connectivity index (χ2n) is 7.86. The number of benzene rings is 3. The Kier molecular flexibility index (Phi) is 6.80. The predicted molar refractivity (Wildman–Crippen MR) is 120 cm³/mol. The van der Waals surface area contributed by atoms with Gasteiger partial charge in [0.1, 0.15) is 17.3 Å². The van der Waals surface area contributed by atoms with Crippen LogP contribution in [0.3, 0.4) is 0 Å². The van der Waals surface area contributed by atoms with Gasteiger partial charge in [-0.15, -0.1) is 0 Å². The summed E-state index contributed by atoms with van der Waals surface area (Å²) < 4.78 is 19.6. The number of likely N-dealkylation sites (tertiary alicyclic amines) is 1. The van der Waals surface area contributed by atoms with E-state index in [1.54, 1.807) is 41.3 Å². The first-order chi connectivity index (χ1) is 15.6. The Hall–Kier alpha value is -3.67. The Morgan fingerprint density at radius 2 is 1.50 bits per heavy atom. The molecule has 0 spiro atoms. The quantitative estimate of drug-likeness (QED) is 0.603. The summed E-state index contributed by atoms with van der Waals surface area (Å²) >= 11 is 0. The van der Waals surface area contributed by atoms with E-state index < -0.39 is 5.82 Å². The van der Waals surface area contributed by atoms with E-state index in [1.807, 2.05) is 30.3 Å². The number of hydrogen-bond acceptors (Lipinski definition) is 3. The maximum absolute atomic E-state index is 13.9. The summed E-state index contributed by atoms with van der Waals surface area (Å²) in [5.74, 6) is 0.782. The van der Waals surface area contributed by atoms with Crippen LogP contribution in [-0.4, -0.2) is 36.3 Å². The van der Waals surface area contributed by atoms with Gasteiger partial charge in [-0.1, -0.05) is 30.3 Å². The molecule has 0 aromatic heterocycles. The number of carbonyl (C=O) groups excluding carboxylic acids is 2. The second kappa shape index (κ2) is 10.1. The number of piperidine rings is 1. The minimum Gasteiger partial charge on any atom is -0.457 e. The standard InChI is InChI=1S/C26H25FN2O3/c27-24-9-5-4-8-23(24)26(31)29-16-14-19(15-17-29)18-28-25(30)20-10-12-22(13-11-20)32-21-6-2-1-3-7-21/h1-13,19H,14-18H2,(H,28,30). The van der Waals surface area contributed by atoms with Gasteiger partial charge in [-0.05, 0) is 67.3 Å². The Labute approximate surface area is 186 Å². The zero-order valence-corrected chi connectivity index (χ0v) is 17.7. The maximum atomic E-state index is 13.9. The van der Waals surface area contributed by atoms with Gasteiger partial charge in [0.2, 0.25) is 0 Å². The minimum absolute atomic E-state index is 0.110. The summed E-state index contributed by atoms with van der Waals surface area (Å²) in [5, 5.41) is 2.98. The normalized spacial score (nSPS) is 14.1. The summed E-state index contributed by atoms with van der Waals surface area (Å²) in [7, 11) is 0. The first-order valence-electron chi connectivity index (χ1n) is 10.7. The van der Waals surface area contributed by atoms with Gasteiger partial charge in [0.25, 0.3) is 11.8 Å². The molecular formula is C26H25FN2O3. The number of nitrogens with one attached hydrogen (secondary N) is 1. The van der Waals surface area contributed by atoms with Crippen molar-refractivity contribution in [3.05, 3.63) is 95.8 Å². The zero-order chi connectivity index (χ0) is 22.3. The van der Waals surface area contributed by atoms with Gasteiger partial charge in [-0.25, -0.2) is 4.39 Å². The van der Waals surface area contributed by atoms with Crippen LogP contribution in [0.25, 0.3) is 0 Å². The van der Waals surface area contributed by atoms with Gasteiger partial charge in [0, 0.05) is 25.2 Å². The smallest absolute Gasteiger partial charge is 0.256 e. The van der Waals surface area contributed by atoms with Crippen molar-refractivity contribution in [3.63, 3.8) is 0 Å². The molecule has 1 aliphatic heterocycles. The summed E-state index contributed by atoms with van der Waals surface area (Å²) in [6.07, 6.45) is 1.54. The molecule has 32 heavy (non-hydrogen) atoms. The van der Waals surface area contributed by atoms with E-state index in [-0.39, 0.29) is 23.3 Å².